The molecule has 1 aliphatic heterocycles. The predicted molar refractivity (Wildman–Crippen MR) is 75.8 cm³/mol. The van der Waals surface area contributed by atoms with E-state index in [4.69, 9.17) is 5.11 Å². The monoisotopic (exact) mass is 278 g/mol. The van der Waals surface area contributed by atoms with E-state index in [9.17, 15) is 4.79 Å². The molecule has 0 atom stereocenters. The standard InChI is InChI=1S/C14H18N2O2S/c17-9-2-1-4-12-5-6-13(19-12)10-16-8-3-7-15-14(18)11-16/h5-6,17H,2-3,7-11H2,(H,15,18). The average Bonchev–Trinajstić information content (AvgIpc) is 2.72. The summed E-state index contributed by atoms with van der Waals surface area (Å²) in [6, 6.07) is 4.07. The Labute approximate surface area is 117 Å². The van der Waals surface area contributed by atoms with Gasteiger partial charge in [-0.25, -0.2) is 0 Å². The summed E-state index contributed by atoms with van der Waals surface area (Å²) in [5.41, 5.74) is 0. The number of amides is 1. The van der Waals surface area contributed by atoms with Crippen molar-refractivity contribution in [2.75, 3.05) is 26.2 Å². The van der Waals surface area contributed by atoms with Crippen LogP contribution in [0.2, 0.25) is 0 Å². The number of nitrogens with one attached hydrogen (secondary N) is 1. The second-order valence-electron chi connectivity index (χ2n) is 4.46. The molecular weight excluding hydrogens is 260 g/mol. The van der Waals surface area contributed by atoms with Crippen LogP contribution in [0.1, 0.15) is 22.6 Å². The van der Waals surface area contributed by atoms with Crippen LogP contribution in [0.4, 0.5) is 0 Å². The van der Waals surface area contributed by atoms with Crippen molar-refractivity contribution in [1.29, 1.82) is 0 Å². The Kier molecular flexibility index (Phi) is 5.40. The third-order valence-corrected chi connectivity index (χ3v) is 3.82. The first-order chi connectivity index (χ1) is 9.28. The summed E-state index contributed by atoms with van der Waals surface area (Å²) in [6.07, 6.45) is 1.51. The summed E-state index contributed by atoms with van der Waals surface area (Å²) in [6.45, 7) is 3.11. The summed E-state index contributed by atoms with van der Waals surface area (Å²) in [5.74, 6) is 6.06. The van der Waals surface area contributed by atoms with Crippen molar-refractivity contribution in [3.63, 3.8) is 0 Å². The van der Waals surface area contributed by atoms with Gasteiger partial charge in [-0.15, -0.1) is 11.3 Å². The highest BCUT2D eigenvalue weighted by Crippen LogP contribution is 2.18. The summed E-state index contributed by atoms with van der Waals surface area (Å²) in [5, 5.41) is 11.6. The van der Waals surface area contributed by atoms with Crippen LogP contribution in [0.15, 0.2) is 12.1 Å². The Hall–Kier alpha value is -1.35. The van der Waals surface area contributed by atoms with Crippen molar-refractivity contribution in [2.24, 2.45) is 0 Å². The van der Waals surface area contributed by atoms with Gasteiger partial charge in [0.1, 0.15) is 0 Å². The Morgan fingerprint density at radius 2 is 2.37 bits per heavy atom. The number of rotatable bonds is 3. The van der Waals surface area contributed by atoms with Gasteiger partial charge in [0.25, 0.3) is 0 Å². The molecule has 2 heterocycles. The van der Waals surface area contributed by atoms with Crippen molar-refractivity contribution in [3.8, 4) is 11.8 Å². The first-order valence-electron chi connectivity index (χ1n) is 6.45. The van der Waals surface area contributed by atoms with Crippen LogP contribution in [-0.2, 0) is 11.3 Å². The van der Waals surface area contributed by atoms with E-state index in [1.54, 1.807) is 11.3 Å². The maximum Gasteiger partial charge on any atom is 0.234 e. The van der Waals surface area contributed by atoms with E-state index < -0.39 is 0 Å². The molecule has 1 aromatic rings. The van der Waals surface area contributed by atoms with Gasteiger partial charge in [0.05, 0.1) is 18.0 Å². The zero-order chi connectivity index (χ0) is 13.5. The third kappa shape index (κ3) is 4.67. The summed E-state index contributed by atoms with van der Waals surface area (Å²) in [4.78, 5) is 15.9. The SMILES string of the molecule is O=C1CN(Cc2ccc(C#CCCO)s2)CCCN1. The summed E-state index contributed by atoms with van der Waals surface area (Å²) in [7, 11) is 0. The molecule has 1 amide bonds. The fourth-order valence-electron chi connectivity index (χ4n) is 1.96. The van der Waals surface area contributed by atoms with Gasteiger partial charge in [-0.3, -0.25) is 9.69 Å². The van der Waals surface area contributed by atoms with E-state index in [1.807, 2.05) is 6.07 Å². The quantitative estimate of drug-likeness (QED) is 0.804. The van der Waals surface area contributed by atoms with Crippen LogP contribution in [0.25, 0.3) is 0 Å². The molecule has 1 aliphatic rings. The largest absolute Gasteiger partial charge is 0.395 e. The molecule has 0 spiro atoms. The Bertz CT molecular complexity index is 487. The molecular formula is C14H18N2O2S. The number of nitrogens with zero attached hydrogens (tertiary/aromatic N) is 1. The van der Waals surface area contributed by atoms with Crippen LogP contribution in [-0.4, -0.2) is 42.2 Å². The van der Waals surface area contributed by atoms with Gasteiger partial charge in [0.2, 0.25) is 5.91 Å². The molecule has 1 fully saturated rings. The number of thiophene rings is 1. The lowest BCUT2D eigenvalue weighted by molar-refractivity contribution is -0.121. The van der Waals surface area contributed by atoms with Crippen molar-refractivity contribution in [3.05, 3.63) is 21.9 Å². The number of carbonyl (C=O) groups excluding carboxylic acids is 1. The fourth-order valence-corrected chi connectivity index (χ4v) is 2.88. The Morgan fingerprint density at radius 1 is 1.47 bits per heavy atom. The zero-order valence-electron chi connectivity index (χ0n) is 10.8. The lowest BCUT2D eigenvalue weighted by atomic mass is 10.3. The van der Waals surface area contributed by atoms with E-state index in [0.29, 0.717) is 13.0 Å². The molecule has 0 saturated carbocycles. The minimum atomic E-state index is 0.105. The van der Waals surface area contributed by atoms with E-state index in [2.05, 4.69) is 28.1 Å². The molecule has 2 rings (SSSR count). The first kappa shape index (κ1) is 14.1. The second-order valence-corrected chi connectivity index (χ2v) is 5.62. The second kappa shape index (κ2) is 7.29. The van der Waals surface area contributed by atoms with E-state index >= 15 is 0 Å². The molecule has 5 heteroatoms. The molecule has 1 aromatic heterocycles. The molecule has 0 unspecified atom stereocenters. The molecule has 0 bridgehead atoms. The van der Waals surface area contributed by atoms with Gasteiger partial charge in [-0.1, -0.05) is 11.8 Å². The van der Waals surface area contributed by atoms with Crippen molar-refractivity contribution in [2.45, 2.75) is 19.4 Å². The number of aliphatic hydroxyl groups is 1. The van der Waals surface area contributed by atoms with Crippen LogP contribution < -0.4 is 5.32 Å². The Balaban J connectivity index is 1.92. The van der Waals surface area contributed by atoms with E-state index in [1.165, 1.54) is 4.88 Å². The number of hydrogen-bond donors (Lipinski definition) is 2. The first-order valence-corrected chi connectivity index (χ1v) is 7.27. The van der Waals surface area contributed by atoms with E-state index in [-0.39, 0.29) is 12.5 Å². The molecule has 4 nitrogen and oxygen atoms in total. The molecule has 19 heavy (non-hydrogen) atoms. The van der Waals surface area contributed by atoms with Crippen molar-refractivity contribution >= 4 is 17.2 Å². The molecule has 0 aliphatic carbocycles. The topological polar surface area (TPSA) is 52.6 Å². The predicted octanol–water partition coefficient (Wildman–Crippen LogP) is 0.804. The highest BCUT2D eigenvalue weighted by atomic mass is 32.1. The molecule has 0 radical (unpaired) electrons. The maximum atomic E-state index is 11.5. The highest BCUT2D eigenvalue weighted by molar-refractivity contribution is 7.12. The van der Waals surface area contributed by atoms with Crippen LogP contribution in [0, 0.1) is 11.8 Å². The van der Waals surface area contributed by atoms with Gasteiger partial charge in [-0.2, -0.15) is 0 Å². The van der Waals surface area contributed by atoms with Crippen LogP contribution in [0.3, 0.4) is 0 Å². The molecule has 0 aromatic carbocycles. The number of aliphatic hydroxyl groups excluding tert-OH is 1. The Morgan fingerprint density at radius 3 is 3.21 bits per heavy atom. The normalized spacial score (nSPS) is 16.4. The third-order valence-electron chi connectivity index (χ3n) is 2.83. The lowest BCUT2D eigenvalue weighted by Gasteiger charge is -2.16. The highest BCUT2D eigenvalue weighted by Gasteiger charge is 2.15. The minimum absolute atomic E-state index is 0.105. The van der Waals surface area contributed by atoms with Gasteiger partial charge in [-0.05, 0) is 18.6 Å². The maximum absolute atomic E-state index is 11.5. The average molecular weight is 278 g/mol. The summed E-state index contributed by atoms with van der Waals surface area (Å²) >= 11 is 1.66. The minimum Gasteiger partial charge on any atom is -0.395 e. The van der Waals surface area contributed by atoms with Crippen LogP contribution >= 0.6 is 11.3 Å². The number of carbonyl (C=O) groups is 1. The van der Waals surface area contributed by atoms with Gasteiger partial charge < -0.3 is 10.4 Å². The molecule has 2 N–H and O–H groups in total. The van der Waals surface area contributed by atoms with Gasteiger partial charge in [0.15, 0.2) is 0 Å². The van der Waals surface area contributed by atoms with Crippen molar-refractivity contribution < 1.29 is 9.90 Å². The van der Waals surface area contributed by atoms with Crippen molar-refractivity contribution in [1.82, 2.24) is 10.2 Å². The summed E-state index contributed by atoms with van der Waals surface area (Å²) < 4.78 is 0. The van der Waals surface area contributed by atoms with Gasteiger partial charge in [0, 0.05) is 30.9 Å². The lowest BCUT2D eigenvalue weighted by Crippen LogP contribution is -2.32. The van der Waals surface area contributed by atoms with E-state index in [0.717, 1.165) is 30.9 Å². The smallest absolute Gasteiger partial charge is 0.234 e. The van der Waals surface area contributed by atoms with Gasteiger partial charge >= 0.3 is 0 Å². The van der Waals surface area contributed by atoms with Crippen LogP contribution in [0.5, 0.6) is 0 Å². The number of hydrogen-bond acceptors (Lipinski definition) is 4. The zero-order valence-corrected chi connectivity index (χ0v) is 11.6. The molecule has 102 valence electrons. The fraction of sp³-hybridized carbons (Fsp3) is 0.500. The molecule has 1 saturated heterocycles.